The van der Waals surface area contributed by atoms with Crippen molar-refractivity contribution in [3.05, 3.63) is 24.5 Å². The van der Waals surface area contributed by atoms with E-state index in [-0.39, 0.29) is 5.91 Å². The molecule has 66 valence electrons. The standard InChI is InChI=1S/C8H8N4O/c1-6(13)10-7-5-8-9-3-2-4-12(8)11-7/h2-5H,1H3,(H,10,11,13). The molecule has 0 aromatic carbocycles. The van der Waals surface area contributed by atoms with E-state index in [2.05, 4.69) is 15.4 Å². The summed E-state index contributed by atoms with van der Waals surface area (Å²) >= 11 is 0. The van der Waals surface area contributed by atoms with Crippen molar-refractivity contribution in [1.29, 1.82) is 0 Å². The van der Waals surface area contributed by atoms with E-state index in [0.29, 0.717) is 11.5 Å². The van der Waals surface area contributed by atoms with Crippen LogP contribution in [0.1, 0.15) is 6.92 Å². The highest BCUT2D eigenvalue weighted by Crippen LogP contribution is 2.06. The molecule has 2 aromatic heterocycles. The van der Waals surface area contributed by atoms with Gasteiger partial charge in [0.2, 0.25) is 5.91 Å². The smallest absolute Gasteiger partial charge is 0.222 e. The van der Waals surface area contributed by atoms with Gasteiger partial charge in [0.25, 0.3) is 0 Å². The quantitative estimate of drug-likeness (QED) is 0.695. The van der Waals surface area contributed by atoms with Gasteiger partial charge in [-0.2, -0.15) is 0 Å². The molecule has 1 amide bonds. The van der Waals surface area contributed by atoms with Crippen molar-refractivity contribution in [3.63, 3.8) is 0 Å². The number of nitrogens with one attached hydrogen (secondary N) is 1. The zero-order chi connectivity index (χ0) is 9.26. The van der Waals surface area contributed by atoms with E-state index < -0.39 is 0 Å². The van der Waals surface area contributed by atoms with Gasteiger partial charge in [-0.15, -0.1) is 5.10 Å². The lowest BCUT2D eigenvalue weighted by molar-refractivity contribution is -0.114. The van der Waals surface area contributed by atoms with Gasteiger partial charge < -0.3 is 5.32 Å². The highest BCUT2D eigenvalue weighted by molar-refractivity contribution is 5.88. The minimum atomic E-state index is -0.136. The summed E-state index contributed by atoms with van der Waals surface area (Å²) in [7, 11) is 0. The van der Waals surface area contributed by atoms with Gasteiger partial charge in [-0.3, -0.25) is 4.79 Å². The fraction of sp³-hybridized carbons (Fsp3) is 0.125. The van der Waals surface area contributed by atoms with Crippen LogP contribution >= 0.6 is 0 Å². The molecule has 0 aliphatic rings. The van der Waals surface area contributed by atoms with Crippen LogP contribution in [-0.2, 0) is 4.79 Å². The molecule has 0 radical (unpaired) electrons. The minimum Gasteiger partial charge on any atom is -0.309 e. The minimum absolute atomic E-state index is 0.136. The molecule has 2 rings (SSSR count). The van der Waals surface area contributed by atoms with Crippen molar-refractivity contribution in [2.75, 3.05) is 5.32 Å². The van der Waals surface area contributed by atoms with Gasteiger partial charge in [0, 0.05) is 25.4 Å². The van der Waals surface area contributed by atoms with Crippen molar-refractivity contribution in [1.82, 2.24) is 14.6 Å². The largest absolute Gasteiger partial charge is 0.309 e. The lowest BCUT2D eigenvalue weighted by Crippen LogP contribution is -2.06. The molecule has 2 aromatic rings. The Bertz CT molecular complexity index is 415. The Morgan fingerprint density at radius 3 is 3.15 bits per heavy atom. The number of hydrogen-bond acceptors (Lipinski definition) is 3. The summed E-state index contributed by atoms with van der Waals surface area (Å²) in [5, 5.41) is 6.66. The average molecular weight is 176 g/mol. The summed E-state index contributed by atoms with van der Waals surface area (Å²) in [4.78, 5) is 14.8. The number of rotatable bonds is 1. The van der Waals surface area contributed by atoms with Crippen molar-refractivity contribution in [3.8, 4) is 0 Å². The molecule has 2 heterocycles. The third kappa shape index (κ3) is 1.48. The monoisotopic (exact) mass is 176 g/mol. The first-order valence-electron chi connectivity index (χ1n) is 3.84. The molecule has 0 spiro atoms. The van der Waals surface area contributed by atoms with E-state index in [9.17, 15) is 4.79 Å². The normalized spacial score (nSPS) is 10.2. The predicted octanol–water partition coefficient (Wildman–Crippen LogP) is 0.688. The second kappa shape index (κ2) is 2.85. The van der Waals surface area contributed by atoms with Gasteiger partial charge in [0.1, 0.15) is 0 Å². The van der Waals surface area contributed by atoms with Crippen LogP contribution in [0.15, 0.2) is 24.5 Å². The molecule has 13 heavy (non-hydrogen) atoms. The summed E-state index contributed by atoms with van der Waals surface area (Å²) in [5.74, 6) is 0.384. The average Bonchev–Trinajstić information content (AvgIpc) is 2.44. The molecule has 0 atom stereocenters. The SMILES string of the molecule is CC(=O)Nc1cc2ncccn2n1. The van der Waals surface area contributed by atoms with Crippen LogP contribution in [0.2, 0.25) is 0 Å². The summed E-state index contributed by atoms with van der Waals surface area (Å²) < 4.78 is 1.60. The molecule has 1 N–H and O–H groups in total. The predicted molar refractivity (Wildman–Crippen MR) is 47.3 cm³/mol. The lowest BCUT2D eigenvalue weighted by atomic mass is 10.5. The number of carbonyl (C=O) groups excluding carboxylic acids is 1. The molecule has 0 unspecified atom stereocenters. The maximum Gasteiger partial charge on any atom is 0.222 e. The van der Waals surface area contributed by atoms with Crippen LogP contribution in [0.4, 0.5) is 5.82 Å². The number of aromatic nitrogens is 3. The van der Waals surface area contributed by atoms with Crippen LogP contribution in [0, 0.1) is 0 Å². The van der Waals surface area contributed by atoms with Crippen LogP contribution in [-0.4, -0.2) is 20.5 Å². The van der Waals surface area contributed by atoms with Crippen molar-refractivity contribution in [2.24, 2.45) is 0 Å². The zero-order valence-electron chi connectivity index (χ0n) is 7.06. The van der Waals surface area contributed by atoms with Crippen molar-refractivity contribution in [2.45, 2.75) is 6.92 Å². The third-order valence-corrected chi connectivity index (χ3v) is 1.54. The van der Waals surface area contributed by atoms with E-state index in [1.807, 2.05) is 0 Å². The molecule has 0 bridgehead atoms. The Kier molecular flexibility index (Phi) is 1.70. The summed E-state index contributed by atoms with van der Waals surface area (Å²) in [6, 6.07) is 3.49. The number of anilines is 1. The van der Waals surface area contributed by atoms with E-state index in [1.54, 1.807) is 29.0 Å². The highest BCUT2D eigenvalue weighted by Gasteiger charge is 2.01. The van der Waals surface area contributed by atoms with E-state index in [4.69, 9.17) is 0 Å². The number of amides is 1. The second-order valence-corrected chi connectivity index (χ2v) is 2.63. The van der Waals surface area contributed by atoms with Crippen molar-refractivity contribution < 1.29 is 4.79 Å². The summed E-state index contributed by atoms with van der Waals surface area (Å²) in [6.07, 6.45) is 3.45. The molecule has 5 heteroatoms. The fourth-order valence-corrected chi connectivity index (χ4v) is 1.07. The number of hydrogen-bond donors (Lipinski definition) is 1. The Balaban J connectivity index is 2.44. The van der Waals surface area contributed by atoms with Gasteiger partial charge in [-0.1, -0.05) is 0 Å². The molecule has 0 fully saturated rings. The van der Waals surface area contributed by atoms with Crippen LogP contribution < -0.4 is 5.32 Å². The number of nitrogens with zero attached hydrogens (tertiary/aromatic N) is 3. The first kappa shape index (κ1) is 7.72. The molecular formula is C8H8N4O. The van der Waals surface area contributed by atoms with Crippen LogP contribution in [0.3, 0.4) is 0 Å². The first-order valence-corrected chi connectivity index (χ1v) is 3.84. The molecule has 5 nitrogen and oxygen atoms in total. The molecule has 0 saturated heterocycles. The molecular weight excluding hydrogens is 168 g/mol. The topological polar surface area (TPSA) is 59.3 Å². The third-order valence-electron chi connectivity index (χ3n) is 1.54. The molecule has 0 saturated carbocycles. The second-order valence-electron chi connectivity index (χ2n) is 2.63. The maximum atomic E-state index is 10.7. The van der Waals surface area contributed by atoms with Gasteiger partial charge >= 0.3 is 0 Å². The summed E-state index contributed by atoms with van der Waals surface area (Å²) in [5.41, 5.74) is 0.714. The molecule has 0 aliphatic carbocycles. The van der Waals surface area contributed by atoms with Crippen LogP contribution in [0.25, 0.3) is 5.65 Å². The van der Waals surface area contributed by atoms with E-state index >= 15 is 0 Å². The highest BCUT2D eigenvalue weighted by atomic mass is 16.1. The molecule has 0 aliphatic heterocycles. The van der Waals surface area contributed by atoms with Gasteiger partial charge in [-0.05, 0) is 6.07 Å². The first-order chi connectivity index (χ1) is 6.25. The van der Waals surface area contributed by atoms with Gasteiger partial charge in [0.05, 0.1) is 0 Å². The Hall–Kier alpha value is -1.91. The Labute approximate surface area is 74.4 Å². The van der Waals surface area contributed by atoms with Gasteiger partial charge in [0.15, 0.2) is 11.5 Å². The lowest BCUT2D eigenvalue weighted by Gasteiger charge is -1.91. The van der Waals surface area contributed by atoms with Gasteiger partial charge in [-0.25, -0.2) is 9.50 Å². The van der Waals surface area contributed by atoms with Crippen LogP contribution in [0.5, 0.6) is 0 Å². The maximum absolute atomic E-state index is 10.7. The fourth-order valence-electron chi connectivity index (χ4n) is 1.07. The summed E-state index contributed by atoms with van der Waals surface area (Å²) in [6.45, 7) is 1.44. The Morgan fingerprint density at radius 2 is 2.46 bits per heavy atom. The van der Waals surface area contributed by atoms with E-state index in [1.165, 1.54) is 6.92 Å². The van der Waals surface area contributed by atoms with Crippen molar-refractivity contribution >= 4 is 17.4 Å². The van der Waals surface area contributed by atoms with E-state index in [0.717, 1.165) is 0 Å². The Morgan fingerprint density at radius 1 is 1.62 bits per heavy atom. The number of fused-ring (bicyclic) bond motifs is 1. The number of carbonyl (C=O) groups is 1. The zero-order valence-corrected chi connectivity index (χ0v) is 7.06.